The van der Waals surface area contributed by atoms with Gasteiger partial charge in [0.05, 0.1) is 16.1 Å². The number of hydrogen-bond donors (Lipinski definition) is 1. The van der Waals surface area contributed by atoms with Crippen molar-refractivity contribution in [2.24, 2.45) is 5.84 Å². The Morgan fingerprint density at radius 3 is 2.38 bits per heavy atom. The SMILES string of the molecule is CC(C)(C)N(N)C(=O)c1cc(Cl)ccc1Cl. The van der Waals surface area contributed by atoms with Crippen molar-refractivity contribution in [2.45, 2.75) is 26.3 Å². The molecule has 0 aliphatic carbocycles. The molecular weight excluding hydrogens is 247 g/mol. The van der Waals surface area contributed by atoms with Crippen LogP contribution < -0.4 is 5.84 Å². The van der Waals surface area contributed by atoms with Gasteiger partial charge in [0.15, 0.2) is 0 Å². The van der Waals surface area contributed by atoms with Crippen LogP contribution in [0.3, 0.4) is 0 Å². The van der Waals surface area contributed by atoms with E-state index < -0.39 is 5.54 Å². The Morgan fingerprint density at radius 1 is 1.31 bits per heavy atom. The van der Waals surface area contributed by atoms with Crippen LogP contribution in [-0.4, -0.2) is 16.5 Å². The minimum Gasteiger partial charge on any atom is -0.271 e. The van der Waals surface area contributed by atoms with Crippen LogP contribution in [0.15, 0.2) is 18.2 Å². The monoisotopic (exact) mass is 260 g/mol. The molecule has 0 saturated heterocycles. The van der Waals surface area contributed by atoms with Crippen molar-refractivity contribution in [1.82, 2.24) is 5.01 Å². The number of hydrogen-bond acceptors (Lipinski definition) is 2. The molecule has 2 N–H and O–H groups in total. The highest BCUT2D eigenvalue weighted by atomic mass is 35.5. The third-order valence-electron chi connectivity index (χ3n) is 2.10. The van der Waals surface area contributed by atoms with Crippen molar-refractivity contribution in [3.8, 4) is 0 Å². The largest absolute Gasteiger partial charge is 0.271 e. The van der Waals surface area contributed by atoms with Crippen molar-refractivity contribution >= 4 is 29.1 Å². The first-order valence-electron chi connectivity index (χ1n) is 4.78. The lowest BCUT2D eigenvalue weighted by Gasteiger charge is -2.31. The van der Waals surface area contributed by atoms with Crippen LogP contribution in [0.1, 0.15) is 31.1 Å². The van der Waals surface area contributed by atoms with E-state index in [-0.39, 0.29) is 5.91 Å². The summed E-state index contributed by atoms with van der Waals surface area (Å²) in [5.41, 5.74) is -0.158. The van der Waals surface area contributed by atoms with Gasteiger partial charge in [-0.2, -0.15) is 0 Å². The molecule has 0 atom stereocenters. The zero-order valence-electron chi connectivity index (χ0n) is 9.42. The maximum atomic E-state index is 12.0. The van der Waals surface area contributed by atoms with Crippen LogP contribution in [0.4, 0.5) is 0 Å². The second kappa shape index (κ2) is 4.62. The molecule has 0 aromatic heterocycles. The lowest BCUT2D eigenvalue weighted by atomic mass is 10.1. The number of nitrogens with zero attached hydrogens (tertiary/aromatic N) is 1. The zero-order chi connectivity index (χ0) is 12.5. The third kappa shape index (κ3) is 2.88. The predicted octanol–water partition coefficient (Wildman–Crippen LogP) is 3.11. The average Bonchev–Trinajstić information content (AvgIpc) is 2.18. The smallest absolute Gasteiger partial charge is 0.269 e. The fourth-order valence-electron chi connectivity index (χ4n) is 1.10. The first-order valence-corrected chi connectivity index (χ1v) is 5.53. The summed E-state index contributed by atoms with van der Waals surface area (Å²) < 4.78 is 0. The number of carbonyl (C=O) groups excluding carboxylic acids is 1. The number of halogens is 2. The first kappa shape index (κ1) is 13.3. The van der Waals surface area contributed by atoms with Gasteiger partial charge in [-0.1, -0.05) is 23.2 Å². The fraction of sp³-hybridized carbons (Fsp3) is 0.364. The van der Waals surface area contributed by atoms with Crippen LogP contribution in [-0.2, 0) is 0 Å². The molecule has 0 unspecified atom stereocenters. The summed E-state index contributed by atoms with van der Waals surface area (Å²) in [7, 11) is 0. The molecule has 0 aliphatic rings. The van der Waals surface area contributed by atoms with Crippen LogP contribution >= 0.6 is 23.2 Å². The Kier molecular flexibility index (Phi) is 3.84. The summed E-state index contributed by atoms with van der Waals surface area (Å²) in [6.45, 7) is 5.51. The highest BCUT2D eigenvalue weighted by Crippen LogP contribution is 2.23. The number of amides is 1. The first-order chi connectivity index (χ1) is 7.23. The molecule has 0 saturated carbocycles. The summed E-state index contributed by atoms with van der Waals surface area (Å²) >= 11 is 11.7. The topological polar surface area (TPSA) is 46.3 Å². The number of carbonyl (C=O) groups is 1. The molecule has 1 rings (SSSR count). The molecule has 1 amide bonds. The number of hydrazine groups is 1. The quantitative estimate of drug-likeness (QED) is 0.479. The van der Waals surface area contributed by atoms with Crippen LogP contribution in [0.2, 0.25) is 10.0 Å². The molecule has 0 bridgehead atoms. The lowest BCUT2D eigenvalue weighted by molar-refractivity contribution is 0.0582. The Morgan fingerprint density at radius 2 is 1.88 bits per heavy atom. The van der Waals surface area contributed by atoms with Gasteiger partial charge in [-0.15, -0.1) is 0 Å². The Balaban J connectivity index is 3.10. The van der Waals surface area contributed by atoms with Gasteiger partial charge in [0, 0.05) is 5.02 Å². The average molecular weight is 261 g/mol. The zero-order valence-corrected chi connectivity index (χ0v) is 10.9. The summed E-state index contributed by atoms with van der Waals surface area (Å²) in [6, 6.07) is 4.71. The van der Waals surface area contributed by atoms with Crippen molar-refractivity contribution in [1.29, 1.82) is 0 Å². The second-order valence-electron chi connectivity index (χ2n) is 4.47. The summed E-state index contributed by atoms with van der Waals surface area (Å²) in [6.07, 6.45) is 0. The molecule has 0 heterocycles. The van der Waals surface area contributed by atoms with Gasteiger partial charge >= 0.3 is 0 Å². The van der Waals surface area contributed by atoms with Crippen LogP contribution in [0.5, 0.6) is 0 Å². The minimum atomic E-state index is -0.470. The van der Waals surface area contributed by atoms with Gasteiger partial charge in [0.25, 0.3) is 5.91 Å². The molecule has 0 aliphatic heterocycles. The predicted molar refractivity (Wildman–Crippen MR) is 66.6 cm³/mol. The molecule has 0 fully saturated rings. The molecule has 0 radical (unpaired) electrons. The third-order valence-corrected chi connectivity index (χ3v) is 2.67. The van der Waals surface area contributed by atoms with E-state index in [9.17, 15) is 4.79 Å². The van der Waals surface area contributed by atoms with Crippen LogP contribution in [0, 0.1) is 0 Å². The van der Waals surface area contributed by atoms with E-state index in [0.717, 1.165) is 5.01 Å². The molecule has 3 nitrogen and oxygen atoms in total. The molecule has 1 aromatic rings. The maximum absolute atomic E-state index is 12.0. The minimum absolute atomic E-state index is 0.312. The Bertz CT molecular complexity index is 413. The maximum Gasteiger partial charge on any atom is 0.269 e. The molecule has 88 valence electrons. The van der Waals surface area contributed by atoms with Crippen molar-refractivity contribution in [2.75, 3.05) is 0 Å². The molecule has 16 heavy (non-hydrogen) atoms. The summed E-state index contributed by atoms with van der Waals surface area (Å²) in [5.74, 6) is 5.38. The van der Waals surface area contributed by atoms with Gasteiger partial charge in [0.1, 0.15) is 0 Å². The molecule has 5 heteroatoms. The van der Waals surface area contributed by atoms with E-state index in [4.69, 9.17) is 29.0 Å². The van der Waals surface area contributed by atoms with Crippen LogP contribution in [0.25, 0.3) is 0 Å². The van der Waals surface area contributed by atoms with E-state index in [2.05, 4.69) is 0 Å². The van der Waals surface area contributed by atoms with Gasteiger partial charge < -0.3 is 0 Å². The van der Waals surface area contributed by atoms with Gasteiger partial charge in [0.2, 0.25) is 0 Å². The lowest BCUT2D eigenvalue weighted by Crippen LogP contribution is -2.50. The van der Waals surface area contributed by atoms with E-state index in [0.29, 0.717) is 15.6 Å². The molecular formula is C11H14Cl2N2O. The number of rotatable bonds is 1. The summed E-state index contributed by atoms with van der Waals surface area (Å²) in [4.78, 5) is 12.0. The number of benzene rings is 1. The van der Waals surface area contributed by atoms with Crippen molar-refractivity contribution < 1.29 is 4.79 Å². The second-order valence-corrected chi connectivity index (χ2v) is 5.31. The number of nitrogens with two attached hydrogens (primary N) is 1. The van der Waals surface area contributed by atoms with Gasteiger partial charge in [-0.05, 0) is 39.0 Å². The van der Waals surface area contributed by atoms with E-state index in [1.165, 1.54) is 6.07 Å². The van der Waals surface area contributed by atoms with E-state index in [1.807, 2.05) is 20.8 Å². The van der Waals surface area contributed by atoms with Gasteiger partial charge in [-0.25, -0.2) is 5.84 Å². The fourth-order valence-corrected chi connectivity index (χ4v) is 1.47. The van der Waals surface area contributed by atoms with E-state index >= 15 is 0 Å². The highest BCUT2D eigenvalue weighted by molar-refractivity contribution is 6.35. The standard InChI is InChI=1S/C11H14Cl2N2O/c1-11(2,3)15(14)10(16)8-6-7(12)4-5-9(8)13/h4-6H,14H2,1-3H3. The molecule has 1 aromatic carbocycles. The summed E-state index contributed by atoms with van der Waals surface area (Å²) in [5, 5.41) is 1.94. The Hall–Kier alpha value is -0.770. The van der Waals surface area contributed by atoms with Crippen molar-refractivity contribution in [3.63, 3.8) is 0 Å². The normalized spacial score (nSPS) is 11.4. The van der Waals surface area contributed by atoms with E-state index in [1.54, 1.807) is 12.1 Å². The molecule has 0 spiro atoms. The van der Waals surface area contributed by atoms with Gasteiger partial charge in [-0.3, -0.25) is 9.80 Å². The Labute approximate surface area is 105 Å². The highest BCUT2D eigenvalue weighted by Gasteiger charge is 2.25. The van der Waals surface area contributed by atoms with Crippen molar-refractivity contribution in [3.05, 3.63) is 33.8 Å².